The topological polar surface area (TPSA) is 46.6 Å². The molecule has 0 bridgehead atoms. The normalized spacial score (nSPS) is 28.5. The molecule has 2 heterocycles. The first kappa shape index (κ1) is 22.9. The van der Waals surface area contributed by atoms with Crippen molar-refractivity contribution in [3.8, 4) is 0 Å². The number of carbonyl (C=O) groups excluding carboxylic acids is 2. The van der Waals surface area contributed by atoms with Gasteiger partial charge in [-0.3, -0.25) is 19.0 Å². The van der Waals surface area contributed by atoms with Gasteiger partial charge in [0.15, 0.2) is 0 Å². The van der Waals surface area contributed by atoms with Gasteiger partial charge in [0.1, 0.15) is 17.7 Å². The molecule has 1 aliphatic carbocycles. The highest BCUT2D eigenvalue weighted by Gasteiger charge is 2.48. The summed E-state index contributed by atoms with van der Waals surface area (Å²) < 4.78 is 6.44. The van der Waals surface area contributed by atoms with Crippen LogP contribution < -0.4 is 4.48 Å². The molecule has 1 aromatic rings. The number of piperidine rings is 1. The number of Topliss-reactive ketones (excluding diaryl/α,β-unsaturated/α-hetero) is 1. The summed E-state index contributed by atoms with van der Waals surface area (Å²) in [6, 6.07) is 7.17. The Balaban J connectivity index is 1.67. The minimum atomic E-state index is -0.174. The second kappa shape index (κ2) is 9.32. The Hall–Kier alpha value is -2.24. The van der Waals surface area contributed by atoms with Gasteiger partial charge in [0.2, 0.25) is 0 Å². The standard InChI is InChI=1S/C27H37N2O3/c1-5-12-28-17-20(27(31)32-14-11-19(4)30)15-23-22-9-8-10-25-26(22)21(16-24(23)28)18-29(25,7-3)13-6-2/h5,8-10,18,20,23-24H,1,6-7,11-17H2,2-4H3/q+1/t20-,23?,24-,29?/m1/s1. The molecule has 0 aromatic heterocycles. The number of hydrogen-bond donors (Lipinski definition) is 0. The van der Waals surface area contributed by atoms with Crippen molar-refractivity contribution in [1.82, 2.24) is 9.38 Å². The van der Waals surface area contributed by atoms with Gasteiger partial charge < -0.3 is 4.74 Å². The summed E-state index contributed by atoms with van der Waals surface area (Å²) in [5.41, 5.74) is 5.74. The van der Waals surface area contributed by atoms with Gasteiger partial charge in [-0.25, -0.2) is 0 Å². The summed E-state index contributed by atoms with van der Waals surface area (Å²) in [5, 5.41) is 0. The Morgan fingerprint density at radius 1 is 1.31 bits per heavy atom. The molecule has 0 radical (unpaired) electrons. The number of nitrogens with zero attached hydrogens (tertiary/aromatic N) is 2. The van der Waals surface area contributed by atoms with E-state index in [0.29, 0.717) is 18.5 Å². The molecule has 1 aromatic carbocycles. The molecule has 2 unspecified atom stereocenters. The third kappa shape index (κ3) is 3.97. The maximum absolute atomic E-state index is 12.9. The molecule has 0 saturated carbocycles. The predicted molar refractivity (Wildman–Crippen MR) is 129 cm³/mol. The van der Waals surface area contributed by atoms with Crippen LogP contribution in [-0.4, -0.2) is 55.5 Å². The quantitative estimate of drug-likeness (QED) is 0.320. The van der Waals surface area contributed by atoms with Crippen LogP contribution in [0.5, 0.6) is 0 Å². The Morgan fingerprint density at radius 3 is 2.81 bits per heavy atom. The fourth-order valence-corrected chi connectivity index (χ4v) is 6.18. The predicted octanol–water partition coefficient (Wildman–Crippen LogP) is 4.66. The number of quaternary nitrogens is 1. The maximum Gasteiger partial charge on any atom is 0.310 e. The molecule has 0 N–H and O–H groups in total. The van der Waals surface area contributed by atoms with Gasteiger partial charge in [0.05, 0.1) is 25.6 Å². The summed E-state index contributed by atoms with van der Waals surface area (Å²) in [4.78, 5) is 26.6. The maximum atomic E-state index is 12.9. The number of rotatable bonds is 9. The van der Waals surface area contributed by atoms with Crippen molar-refractivity contribution >= 4 is 23.0 Å². The van der Waals surface area contributed by atoms with E-state index in [-0.39, 0.29) is 30.7 Å². The van der Waals surface area contributed by atoms with Crippen LogP contribution in [0.25, 0.3) is 5.57 Å². The molecule has 2 aliphatic heterocycles. The second-order valence-electron chi connectivity index (χ2n) is 9.64. The fourth-order valence-electron chi connectivity index (χ4n) is 6.18. The third-order valence-corrected chi connectivity index (χ3v) is 7.62. The summed E-state index contributed by atoms with van der Waals surface area (Å²) in [7, 11) is 0. The zero-order valence-electron chi connectivity index (χ0n) is 19.8. The number of carbonyl (C=O) groups is 2. The molecular weight excluding hydrogens is 400 g/mol. The highest BCUT2D eigenvalue weighted by atomic mass is 16.5. The van der Waals surface area contributed by atoms with E-state index < -0.39 is 0 Å². The van der Waals surface area contributed by atoms with E-state index in [1.807, 2.05) is 6.08 Å². The first-order chi connectivity index (χ1) is 15.4. The van der Waals surface area contributed by atoms with Crippen molar-refractivity contribution in [2.45, 2.75) is 58.4 Å². The minimum Gasteiger partial charge on any atom is -0.465 e. The third-order valence-electron chi connectivity index (χ3n) is 7.62. The lowest BCUT2D eigenvalue weighted by Gasteiger charge is -2.46. The van der Waals surface area contributed by atoms with E-state index in [2.05, 4.69) is 49.7 Å². The van der Waals surface area contributed by atoms with Crippen LogP contribution in [0.15, 0.2) is 37.1 Å². The fraction of sp³-hybridized carbons (Fsp3) is 0.556. The lowest BCUT2D eigenvalue weighted by atomic mass is 9.70. The van der Waals surface area contributed by atoms with Crippen LogP contribution in [0, 0.1) is 5.92 Å². The van der Waals surface area contributed by atoms with E-state index in [0.717, 1.165) is 43.4 Å². The van der Waals surface area contributed by atoms with Gasteiger partial charge in [-0.05, 0) is 38.7 Å². The molecule has 32 heavy (non-hydrogen) atoms. The van der Waals surface area contributed by atoms with Crippen LogP contribution in [0.2, 0.25) is 0 Å². The molecule has 4 atom stereocenters. The highest BCUT2D eigenvalue weighted by molar-refractivity contribution is 5.87. The van der Waals surface area contributed by atoms with Gasteiger partial charge >= 0.3 is 5.97 Å². The Bertz CT molecular complexity index is 937. The average molecular weight is 438 g/mol. The Labute approximate surface area is 192 Å². The lowest BCUT2D eigenvalue weighted by molar-refractivity contribution is -0.151. The van der Waals surface area contributed by atoms with Crippen molar-refractivity contribution in [1.29, 1.82) is 0 Å². The van der Waals surface area contributed by atoms with E-state index >= 15 is 0 Å². The van der Waals surface area contributed by atoms with E-state index in [4.69, 9.17) is 4.74 Å². The van der Waals surface area contributed by atoms with Gasteiger partial charge in [0.25, 0.3) is 0 Å². The smallest absolute Gasteiger partial charge is 0.310 e. The first-order valence-corrected chi connectivity index (χ1v) is 12.2. The van der Waals surface area contributed by atoms with Crippen molar-refractivity contribution in [2.75, 3.05) is 32.8 Å². The molecule has 4 rings (SSSR count). The van der Waals surface area contributed by atoms with Crippen molar-refractivity contribution in [2.24, 2.45) is 5.92 Å². The van der Waals surface area contributed by atoms with Crippen LogP contribution in [0.1, 0.15) is 63.5 Å². The van der Waals surface area contributed by atoms with Crippen LogP contribution in [0.3, 0.4) is 0 Å². The summed E-state index contributed by atoms with van der Waals surface area (Å²) >= 11 is 0. The number of hydrogen-bond acceptors (Lipinski definition) is 4. The molecule has 0 amide bonds. The van der Waals surface area contributed by atoms with Gasteiger partial charge in [-0.2, -0.15) is 0 Å². The van der Waals surface area contributed by atoms with Crippen molar-refractivity contribution < 1.29 is 14.3 Å². The summed E-state index contributed by atoms with van der Waals surface area (Å²) in [6.45, 7) is 13.9. The molecule has 1 fully saturated rings. The molecular formula is C27H37N2O3+. The van der Waals surface area contributed by atoms with Gasteiger partial charge in [-0.15, -0.1) is 6.58 Å². The molecule has 5 nitrogen and oxygen atoms in total. The van der Waals surface area contributed by atoms with Gasteiger partial charge in [-0.1, -0.05) is 25.1 Å². The average Bonchev–Trinajstić information content (AvgIpc) is 3.09. The summed E-state index contributed by atoms with van der Waals surface area (Å²) in [5.74, 6) is 0.00912. The van der Waals surface area contributed by atoms with E-state index in [1.54, 1.807) is 0 Å². The molecule has 5 heteroatoms. The highest BCUT2D eigenvalue weighted by Crippen LogP contribution is 2.53. The number of ether oxygens (including phenoxy) is 1. The number of fused-ring (bicyclic) bond motifs is 2. The molecule has 3 aliphatic rings. The second-order valence-corrected chi connectivity index (χ2v) is 9.64. The van der Waals surface area contributed by atoms with Crippen LogP contribution in [-0.2, 0) is 14.3 Å². The number of ketones is 1. The zero-order valence-corrected chi connectivity index (χ0v) is 19.8. The first-order valence-electron chi connectivity index (χ1n) is 12.2. The van der Waals surface area contributed by atoms with Crippen molar-refractivity contribution in [3.63, 3.8) is 0 Å². The SMILES string of the molecule is C=CCN1C[C@H](C(=O)OCCC(C)=O)CC2c3cccc4c3C(=C[N+]4(CC)CCC)C[C@H]21. The molecule has 1 saturated heterocycles. The largest absolute Gasteiger partial charge is 0.465 e. The van der Waals surface area contributed by atoms with Crippen LogP contribution in [0.4, 0.5) is 5.69 Å². The minimum absolute atomic E-state index is 0.0471. The molecule has 0 spiro atoms. The number of benzene rings is 1. The number of esters is 1. The monoisotopic (exact) mass is 437 g/mol. The lowest BCUT2D eigenvalue weighted by Crippen LogP contribution is -2.51. The Kier molecular flexibility index (Phi) is 6.68. The van der Waals surface area contributed by atoms with Crippen LogP contribution >= 0.6 is 0 Å². The Morgan fingerprint density at radius 2 is 2.12 bits per heavy atom. The van der Waals surface area contributed by atoms with Crippen molar-refractivity contribution in [3.05, 3.63) is 48.2 Å². The van der Waals surface area contributed by atoms with Gasteiger partial charge in [0, 0.05) is 48.7 Å². The van der Waals surface area contributed by atoms with E-state index in [9.17, 15) is 9.59 Å². The molecule has 172 valence electrons. The number of likely N-dealkylation sites (tertiary alicyclic amines) is 1. The van der Waals surface area contributed by atoms with E-state index in [1.165, 1.54) is 29.3 Å². The summed E-state index contributed by atoms with van der Waals surface area (Å²) in [6.07, 6.45) is 7.72. The zero-order chi connectivity index (χ0) is 22.9.